The van der Waals surface area contributed by atoms with Crippen molar-refractivity contribution in [2.24, 2.45) is 7.05 Å². The molecule has 2 heterocycles. The summed E-state index contributed by atoms with van der Waals surface area (Å²) in [4.78, 5) is 18.9. The maximum atomic E-state index is 12.4. The number of imidazole rings is 1. The predicted octanol–water partition coefficient (Wildman–Crippen LogP) is 2.67. The zero-order chi connectivity index (χ0) is 16.9. The number of aryl methyl sites for hydroxylation is 1. The third-order valence-electron chi connectivity index (χ3n) is 4.50. The van der Waals surface area contributed by atoms with Crippen LogP contribution in [0.3, 0.4) is 0 Å². The molecule has 1 aromatic heterocycles. The number of carbonyl (C=O) groups is 1. The lowest BCUT2D eigenvalue weighted by molar-refractivity contribution is 0.00999. The fourth-order valence-electron chi connectivity index (χ4n) is 3.16. The molecule has 1 N–H and O–H groups in total. The molecule has 0 saturated carbocycles. The van der Waals surface area contributed by atoms with E-state index in [0.29, 0.717) is 13.1 Å². The first-order valence-corrected chi connectivity index (χ1v) is 8.73. The van der Waals surface area contributed by atoms with E-state index in [1.807, 2.05) is 40.8 Å². The van der Waals surface area contributed by atoms with Crippen molar-refractivity contribution in [3.8, 4) is 0 Å². The number of rotatable bonds is 5. The lowest BCUT2D eigenvalue weighted by Gasteiger charge is -2.32. The summed E-state index contributed by atoms with van der Waals surface area (Å²) in [6.45, 7) is 4.76. The minimum atomic E-state index is -0.0353. The summed E-state index contributed by atoms with van der Waals surface area (Å²) in [5, 5.41) is 3.00. The monoisotopic (exact) mass is 330 g/mol. The molecule has 1 aromatic carbocycles. The topological polar surface area (TPSA) is 59.4 Å². The summed E-state index contributed by atoms with van der Waals surface area (Å²) in [5.74, 6) is 0.861. The number of benzene rings is 1. The van der Waals surface area contributed by atoms with Gasteiger partial charge in [0.1, 0.15) is 5.82 Å². The number of hydrogen-bond donors (Lipinski definition) is 1. The Hall–Kier alpha value is -2.08. The standard InChI is InChI=1S/C18H26N4O2/c1-3-11-24-14-7-6-10-22(13-14)18(23)19-12-17-20-15-8-4-5-9-16(15)21(17)2/h4-5,8-9,14H,3,6-7,10-13H2,1-2H3,(H,19,23). The number of urea groups is 1. The van der Waals surface area contributed by atoms with E-state index in [4.69, 9.17) is 4.74 Å². The molecule has 1 saturated heterocycles. The Kier molecular flexibility index (Phi) is 5.35. The molecule has 0 aliphatic carbocycles. The van der Waals surface area contributed by atoms with E-state index in [2.05, 4.69) is 17.2 Å². The number of fused-ring (bicyclic) bond motifs is 1. The van der Waals surface area contributed by atoms with Gasteiger partial charge in [0.2, 0.25) is 0 Å². The molecular formula is C18H26N4O2. The fraction of sp³-hybridized carbons (Fsp3) is 0.556. The van der Waals surface area contributed by atoms with Gasteiger partial charge in [-0.3, -0.25) is 0 Å². The Morgan fingerprint density at radius 2 is 2.25 bits per heavy atom. The summed E-state index contributed by atoms with van der Waals surface area (Å²) in [7, 11) is 1.98. The minimum Gasteiger partial charge on any atom is -0.376 e. The van der Waals surface area contributed by atoms with Crippen LogP contribution >= 0.6 is 0 Å². The third-order valence-corrected chi connectivity index (χ3v) is 4.50. The molecule has 24 heavy (non-hydrogen) atoms. The number of para-hydroxylation sites is 2. The number of nitrogens with one attached hydrogen (secondary N) is 1. The number of likely N-dealkylation sites (tertiary alicyclic amines) is 1. The predicted molar refractivity (Wildman–Crippen MR) is 93.8 cm³/mol. The normalized spacial score (nSPS) is 18.1. The number of piperidine rings is 1. The van der Waals surface area contributed by atoms with Crippen molar-refractivity contribution >= 4 is 17.1 Å². The van der Waals surface area contributed by atoms with Crippen molar-refractivity contribution in [1.29, 1.82) is 0 Å². The van der Waals surface area contributed by atoms with Crippen molar-refractivity contribution in [1.82, 2.24) is 19.8 Å². The van der Waals surface area contributed by atoms with Crippen molar-refractivity contribution < 1.29 is 9.53 Å². The van der Waals surface area contributed by atoms with E-state index in [1.54, 1.807) is 0 Å². The largest absolute Gasteiger partial charge is 0.376 e. The van der Waals surface area contributed by atoms with E-state index < -0.39 is 0 Å². The summed E-state index contributed by atoms with van der Waals surface area (Å²) >= 11 is 0. The van der Waals surface area contributed by atoms with Gasteiger partial charge in [-0.1, -0.05) is 19.1 Å². The van der Waals surface area contributed by atoms with Gasteiger partial charge in [-0.25, -0.2) is 9.78 Å². The van der Waals surface area contributed by atoms with Crippen LogP contribution in [0.4, 0.5) is 4.79 Å². The highest BCUT2D eigenvalue weighted by Crippen LogP contribution is 2.15. The van der Waals surface area contributed by atoms with Crippen molar-refractivity contribution in [3.05, 3.63) is 30.1 Å². The number of ether oxygens (including phenoxy) is 1. The molecule has 2 aromatic rings. The summed E-state index contributed by atoms with van der Waals surface area (Å²) in [5.41, 5.74) is 2.03. The van der Waals surface area contributed by atoms with Gasteiger partial charge in [-0.05, 0) is 31.4 Å². The first kappa shape index (κ1) is 16.8. The van der Waals surface area contributed by atoms with Crippen LogP contribution in [0.2, 0.25) is 0 Å². The van der Waals surface area contributed by atoms with Crippen LogP contribution in [-0.4, -0.2) is 46.3 Å². The molecule has 1 unspecified atom stereocenters. The van der Waals surface area contributed by atoms with Crippen LogP contribution in [-0.2, 0) is 18.3 Å². The first-order valence-electron chi connectivity index (χ1n) is 8.73. The lowest BCUT2D eigenvalue weighted by Crippen LogP contribution is -2.47. The van der Waals surface area contributed by atoms with Crippen molar-refractivity contribution in [3.63, 3.8) is 0 Å². The molecule has 0 radical (unpaired) electrons. The Bertz CT molecular complexity index is 697. The average molecular weight is 330 g/mol. The second kappa shape index (κ2) is 7.66. The van der Waals surface area contributed by atoms with Gasteiger partial charge in [-0.2, -0.15) is 0 Å². The van der Waals surface area contributed by atoms with Crippen LogP contribution in [0.15, 0.2) is 24.3 Å². The minimum absolute atomic E-state index is 0.0353. The summed E-state index contributed by atoms with van der Waals surface area (Å²) in [6.07, 6.45) is 3.21. The zero-order valence-electron chi connectivity index (χ0n) is 14.5. The van der Waals surface area contributed by atoms with Gasteiger partial charge in [0.15, 0.2) is 0 Å². The maximum absolute atomic E-state index is 12.4. The van der Waals surface area contributed by atoms with Gasteiger partial charge in [-0.15, -0.1) is 0 Å². The van der Waals surface area contributed by atoms with Crippen LogP contribution in [0.25, 0.3) is 11.0 Å². The molecule has 6 nitrogen and oxygen atoms in total. The molecule has 0 spiro atoms. The molecule has 1 aliphatic heterocycles. The molecule has 1 fully saturated rings. The fourth-order valence-corrected chi connectivity index (χ4v) is 3.16. The second-order valence-corrected chi connectivity index (χ2v) is 6.32. The number of aromatic nitrogens is 2. The Balaban J connectivity index is 1.57. The number of nitrogens with zero attached hydrogens (tertiary/aromatic N) is 3. The van der Waals surface area contributed by atoms with Gasteiger partial charge in [0.25, 0.3) is 0 Å². The van der Waals surface area contributed by atoms with Gasteiger partial charge < -0.3 is 19.5 Å². The van der Waals surface area contributed by atoms with Crippen molar-refractivity contribution in [2.45, 2.75) is 38.8 Å². The van der Waals surface area contributed by atoms with Gasteiger partial charge >= 0.3 is 6.03 Å². The Morgan fingerprint density at radius 1 is 1.42 bits per heavy atom. The zero-order valence-corrected chi connectivity index (χ0v) is 14.5. The highest BCUT2D eigenvalue weighted by molar-refractivity contribution is 5.76. The molecule has 6 heteroatoms. The molecule has 1 aliphatic rings. The smallest absolute Gasteiger partial charge is 0.317 e. The molecule has 2 amide bonds. The molecule has 3 rings (SSSR count). The summed E-state index contributed by atoms with van der Waals surface area (Å²) < 4.78 is 7.82. The van der Waals surface area contributed by atoms with Crippen molar-refractivity contribution in [2.75, 3.05) is 19.7 Å². The number of carbonyl (C=O) groups excluding carboxylic acids is 1. The molecule has 0 bridgehead atoms. The van der Waals surface area contributed by atoms with Gasteiger partial charge in [0.05, 0.1) is 23.7 Å². The van der Waals surface area contributed by atoms with Crippen LogP contribution in [0.5, 0.6) is 0 Å². The Labute approximate surface area is 142 Å². The first-order chi connectivity index (χ1) is 11.7. The average Bonchev–Trinajstić information content (AvgIpc) is 2.94. The summed E-state index contributed by atoms with van der Waals surface area (Å²) in [6, 6.07) is 7.96. The van der Waals surface area contributed by atoms with Crippen LogP contribution in [0.1, 0.15) is 32.0 Å². The van der Waals surface area contributed by atoms with E-state index in [0.717, 1.165) is 49.3 Å². The van der Waals surface area contributed by atoms with E-state index in [1.165, 1.54) is 0 Å². The van der Waals surface area contributed by atoms with Crippen LogP contribution < -0.4 is 5.32 Å². The second-order valence-electron chi connectivity index (χ2n) is 6.32. The third kappa shape index (κ3) is 3.70. The maximum Gasteiger partial charge on any atom is 0.317 e. The number of hydrogen-bond acceptors (Lipinski definition) is 3. The Morgan fingerprint density at radius 3 is 3.04 bits per heavy atom. The highest BCUT2D eigenvalue weighted by atomic mass is 16.5. The van der Waals surface area contributed by atoms with E-state index in [-0.39, 0.29) is 12.1 Å². The van der Waals surface area contributed by atoms with Gasteiger partial charge in [0, 0.05) is 26.7 Å². The highest BCUT2D eigenvalue weighted by Gasteiger charge is 2.24. The SMILES string of the molecule is CCCOC1CCCN(C(=O)NCc2nc3ccccc3n2C)C1. The molecule has 130 valence electrons. The van der Waals surface area contributed by atoms with E-state index >= 15 is 0 Å². The molecular weight excluding hydrogens is 304 g/mol. The quantitative estimate of drug-likeness (QED) is 0.917. The molecule has 1 atom stereocenters. The van der Waals surface area contributed by atoms with E-state index in [9.17, 15) is 4.79 Å². The lowest BCUT2D eigenvalue weighted by atomic mass is 10.1. The number of amides is 2. The van der Waals surface area contributed by atoms with Crippen LogP contribution in [0, 0.1) is 0 Å².